The second-order valence-corrected chi connectivity index (χ2v) is 6.24. The van der Waals surface area contributed by atoms with Crippen molar-refractivity contribution >= 4 is 10.9 Å². The minimum atomic E-state index is 0.433. The molecule has 0 saturated carbocycles. The summed E-state index contributed by atoms with van der Waals surface area (Å²) in [5, 5.41) is 12.4. The van der Waals surface area contributed by atoms with Crippen LogP contribution in [-0.4, -0.2) is 23.3 Å². The zero-order valence-corrected chi connectivity index (χ0v) is 14.4. The number of hydrogen-bond donors (Lipinski definition) is 2. The Labute approximate surface area is 143 Å². The fraction of sp³-hybridized carbons (Fsp3) is 0.350. The third-order valence-electron chi connectivity index (χ3n) is 4.43. The summed E-state index contributed by atoms with van der Waals surface area (Å²) in [5.41, 5.74) is 4.82. The minimum absolute atomic E-state index is 0.433. The SMILES string of the molecule is COCc1ccccc1CN[C@H](C)CCc1[nH]nc2ccccc12. The molecule has 0 fully saturated rings. The maximum atomic E-state index is 5.27. The molecule has 2 aromatic carbocycles. The summed E-state index contributed by atoms with van der Waals surface area (Å²) in [4.78, 5) is 0. The Hall–Kier alpha value is -2.17. The third kappa shape index (κ3) is 4.02. The molecule has 1 aromatic heterocycles. The molecule has 0 spiro atoms. The maximum absolute atomic E-state index is 5.27. The molecule has 3 aromatic rings. The molecule has 0 aliphatic rings. The van der Waals surface area contributed by atoms with Crippen LogP contribution >= 0.6 is 0 Å². The predicted octanol–water partition coefficient (Wildman–Crippen LogP) is 3.82. The fourth-order valence-corrected chi connectivity index (χ4v) is 2.98. The van der Waals surface area contributed by atoms with Crippen LogP contribution < -0.4 is 5.32 Å². The Morgan fingerprint density at radius 3 is 2.67 bits per heavy atom. The monoisotopic (exact) mass is 323 g/mol. The Kier molecular flexibility index (Phi) is 5.62. The molecule has 0 radical (unpaired) electrons. The van der Waals surface area contributed by atoms with Gasteiger partial charge in [0.2, 0.25) is 0 Å². The summed E-state index contributed by atoms with van der Waals surface area (Å²) in [5.74, 6) is 0. The van der Waals surface area contributed by atoms with Gasteiger partial charge < -0.3 is 10.1 Å². The molecule has 0 bridgehead atoms. The van der Waals surface area contributed by atoms with Crippen LogP contribution in [0.25, 0.3) is 10.9 Å². The van der Waals surface area contributed by atoms with E-state index < -0.39 is 0 Å². The molecule has 3 rings (SSSR count). The van der Waals surface area contributed by atoms with E-state index in [0.29, 0.717) is 12.6 Å². The summed E-state index contributed by atoms with van der Waals surface area (Å²) in [6.45, 7) is 3.76. The molecule has 0 saturated heterocycles. The Morgan fingerprint density at radius 1 is 1.08 bits per heavy atom. The number of aromatic nitrogens is 2. The van der Waals surface area contributed by atoms with E-state index in [2.05, 4.69) is 58.8 Å². The zero-order chi connectivity index (χ0) is 16.8. The number of fused-ring (bicyclic) bond motifs is 1. The second-order valence-electron chi connectivity index (χ2n) is 6.24. The number of hydrogen-bond acceptors (Lipinski definition) is 3. The summed E-state index contributed by atoms with van der Waals surface area (Å²) < 4.78 is 5.27. The van der Waals surface area contributed by atoms with Gasteiger partial charge in [-0.2, -0.15) is 5.10 Å². The molecule has 0 unspecified atom stereocenters. The van der Waals surface area contributed by atoms with Crippen molar-refractivity contribution in [1.29, 1.82) is 0 Å². The van der Waals surface area contributed by atoms with Crippen molar-refractivity contribution in [1.82, 2.24) is 15.5 Å². The molecule has 4 heteroatoms. The quantitative estimate of drug-likeness (QED) is 0.662. The van der Waals surface area contributed by atoms with Crippen molar-refractivity contribution < 1.29 is 4.74 Å². The summed E-state index contributed by atoms with van der Waals surface area (Å²) in [6.07, 6.45) is 2.06. The van der Waals surface area contributed by atoms with E-state index in [4.69, 9.17) is 4.74 Å². The predicted molar refractivity (Wildman–Crippen MR) is 97.9 cm³/mol. The summed E-state index contributed by atoms with van der Waals surface area (Å²) >= 11 is 0. The van der Waals surface area contributed by atoms with Crippen molar-refractivity contribution in [2.24, 2.45) is 0 Å². The van der Waals surface area contributed by atoms with Crippen LogP contribution in [0.5, 0.6) is 0 Å². The molecule has 0 amide bonds. The second kappa shape index (κ2) is 8.08. The lowest BCUT2D eigenvalue weighted by Crippen LogP contribution is -2.26. The number of nitrogens with one attached hydrogen (secondary N) is 2. The van der Waals surface area contributed by atoms with E-state index in [1.165, 1.54) is 22.2 Å². The van der Waals surface area contributed by atoms with Crippen molar-refractivity contribution in [3.05, 3.63) is 65.4 Å². The first-order valence-electron chi connectivity index (χ1n) is 8.49. The van der Waals surface area contributed by atoms with Gasteiger partial charge >= 0.3 is 0 Å². The molecular weight excluding hydrogens is 298 g/mol. The number of aromatic amines is 1. The average Bonchev–Trinajstić information content (AvgIpc) is 3.03. The molecule has 24 heavy (non-hydrogen) atoms. The van der Waals surface area contributed by atoms with Crippen LogP contribution in [0.3, 0.4) is 0 Å². The molecule has 1 atom stereocenters. The first kappa shape index (κ1) is 16.7. The van der Waals surface area contributed by atoms with Crippen molar-refractivity contribution in [2.75, 3.05) is 7.11 Å². The highest BCUT2D eigenvalue weighted by Gasteiger charge is 2.08. The molecular formula is C20H25N3O. The molecule has 2 N–H and O–H groups in total. The van der Waals surface area contributed by atoms with Gasteiger partial charge in [0.15, 0.2) is 0 Å². The first-order valence-corrected chi connectivity index (χ1v) is 8.49. The lowest BCUT2D eigenvalue weighted by atomic mass is 10.1. The number of H-pyrrole nitrogens is 1. The van der Waals surface area contributed by atoms with Crippen LogP contribution in [0.2, 0.25) is 0 Å². The van der Waals surface area contributed by atoms with E-state index in [1.807, 2.05) is 12.1 Å². The minimum Gasteiger partial charge on any atom is -0.380 e. The Bertz CT molecular complexity index is 781. The molecule has 126 valence electrons. The smallest absolute Gasteiger partial charge is 0.0923 e. The van der Waals surface area contributed by atoms with E-state index in [-0.39, 0.29) is 0 Å². The van der Waals surface area contributed by atoms with Crippen molar-refractivity contribution in [3.63, 3.8) is 0 Å². The number of rotatable bonds is 8. The number of benzene rings is 2. The first-order chi connectivity index (χ1) is 11.8. The van der Waals surface area contributed by atoms with Gasteiger partial charge in [-0.1, -0.05) is 42.5 Å². The highest BCUT2D eigenvalue weighted by atomic mass is 16.5. The van der Waals surface area contributed by atoms with Crippen molar-refractivity contribution in [3.8, 4) is 0 Å². The molecule has 1 heterocycles. The van der Waals surface area contributed by atoms with Gasteiger partial charge in [-0.15, -0.1) is 0 Å². The fourth-order valence-electron chi connectivity index (χ4n) is 2.98. The van der Waals surface area contributed by atoms with Gasteiger partial charge in [0.25, 0.3) is 0 Å². The molecule has 0 aliphatic heterocycles. The third-order valence-corrected chi connectivity index (χ3v) is 4.43. The maximum Gasteiger partial charge on any atom is 0.0923 e. The number of para-hydroxylation sites is 1. The van der Waals surface area contributed by atoms with Gasteiger partial charge in [0, 0.05) is 30.8 Å². The highest BCUT2D eigenvalue weighted by molar-refractivity contribution is 5.81. The Balaban J connectivity index is 1.54. The van der Waals surface area contributed by atoms with Gasteiger partial charge in [0.05, 0.1) is 12.1 Å². The van der Waals surface area contributed by atoms with E-state index in [1.54, 1.807) is 7.11 Å². The number of aryl methyl sites for hydroxylation is 1. The highest BCUT2D eigenvalue weighted by Crippen LogP contribution is 2.17. The normalized spacial score (nSPS) is 12.6. The summed E-state index contributed by atoms with van der Waals surface area (Å²) in [7, 11) is 1.74. The van der Waals surface area contributed by atoms with Crippen LogP contribution in [0.4, 0.5) is 0 Å². The van der Waals surface area contributed by atoms with Crippen LogP contribution in [0.15, 0.2) is 48.5 Å². The average molecular weight is 323 g/mol. The largest absolute Gasteiger partial charge is 0.380 e. The van der Waals surface area contributed by atoms with Gasteiger partial charge in [-0.3, -0.25) is 5.10 Å². The van der Waals surface area contributed by atoms with Crippen LogP contribution in [-0.2, 0) is 24.3 Å². The zero-order valence-electron chi connectivity index (χ0n) is 14.4. The van der Waals surface area contributed by atoms with Gasteiger partial charge in [0.1, 0.15) is 0 Å². The number of nitrogens with zero attached hydrogens (tertiary/aromatic N) is 1. The van der Waals surface area contributed by atoms with E-state index in [0.717, 1.165) is 24.9 Å². The standard InChI is InChI=1S/C20H25N3O/c1-15(21-13-16-7-3-4-8-17(16)14-24-2)11-12-20-18-9-5-6-10-19(18)22-23-20/h3-10,15,21H,11-14H2,1-2H3,(H,22,23)/t15-/m1/s1. The molecule has 0 aliphatic carbocycles. The Morgan fingerprint density at radius 2 is 1.83 bits per heavy atom. The van der Waals surface area contributed by atoms with Crippen LogP contribution in [0, 0.1) is 0 Å². The number of ether oxygens (including phenoxy) is 1. The lowest BCUT2D eigenvalue weighted by molar-refractivity contribution is 0.184. The van der Waals surface area contributed by atoms with Gasteiger partial charge in [-0.25, -0.2) is 0 Å². The van der Waals surface area contributed by atoms with Crippen LogP contribution in [0.1, 0.15) is 30.2 Å². The topological polar surface area (TPSA) is 49.9 Å². The van der Waals surface area contributed by atoms with Gasteiger partial charge in [-0.05, 0) is 37.0 Å². The van der Waals surface area contributed by atoms with E-state index in [9.17, 15) is 0 Å². The number of methoxy groups -OCH3 is 1. The van der Waals surface area contributed by atoms with E-state index >= 15 is 0 Å². The lowest BCUT2D eigenvalue weighted by Gasteiger charge is -2.15. The summed E-state index contributed by atoms with van der Waals surface area (Å²) in [6, 6.07) is 17.1. The molecule has 4 nitrogen and oxygen atoms in total. The van der Waals surface area contributed by atoms with Crippen molar-refractivity contribution in [2.45, 2.75) is 39.0 Å².